The van der Waals surface area contributed by atoms with E-state index in [2.05, 4.69) is 14.8 Å². The number of nitrogens with one attached hydrogen (secondary N) is 1. The lowest BCUT2D eigenvalue weighted by Gasteiger charge is -2.11. The molecular weight excluding hydrogens is 292 g/mol. The summed E-state index contributed by atoms with van der Waals surface area (Å²) >= 11 is 0. The van der Waals surface area contributed by atoms with Crippen molar-refractivity contribution in [2.75, 3.05) is 19.5 Å². The number of benzene rings is 1. The third-order valence-corrected chi connectivity index (χ3v) is 2.52. The van der Waals surface area contributed by atoms with Gasteiger partial charge in [0.05, 0.1) is 43.2 Å². The number of aromatic carboxylic acids is 1. The predicted octanol–water partition coefficient (Wildman–Crippen LogP) is 0.898. The first-order chi connectivity index (χ1) is 10.4. The highest BCUT2D eigenvalue weighted by Crippen LogP contribution is 2.20. The fraction of sp³-hybridized carbons (Fsp3) is 0.143. The molecular formula is C14H12N2O6. The molecule has 0 atom stereocenters. The second-order valence-corrected chi connectivity index (χ2v) is 3.88. The van der Waals surface area contributed by atoms with Gasteiger partial charge < -0.3 is 19.9 Å². The van der Waals surface area contributed by atoms with Crippen molar-refractivity contribution < 1.29 is 29.0 Å². The normalized spacial score (nSPS) is 10.3. The molecule has 0 radical (unpaired) electrons. The monoisotopic (exact) mass is 304 g/mol. The molecule has 8 nitrogen and oxygen atoms in total. The number of nitrogens with zero attached hydrogens (tertiary/aromatic N) is 1. The van der Waals surface area contributed by atoms with Crippen molar-refractivity contribution in [3.8, 4) is 6.07 Å². The summed E-state index contributed by atoms with van der Waals surface area (Å²) in [5.74, 6) is -3.01. The molecule has 0 spiro atoms. The van der Waals surface area contributed by atoms with E-state index in [1.54, 1.807) is 6.07 Å². The molecule has 0 bridgehead atoms. The number of hydrogen-bond acceptors (Lipinski definition) is 7. The molecule has 2 N–H and O–H groups in total. The van der Waals surface area contributed by atoms with E-state index in [4.69, 9.17) is 10.4 Å². The Kier molecular flexibility index (Phi) is 5.66. The van der Waals surface area contributed by atoms with E-state index in [1.807, 2.05) is 0 Å². The Bertz CT molecular complexity index is 687. The Hall–Kier alpha value is -3.34. The highest BCUT2D eigenvalue weighted by atomic mass is 16.5. The van der Waals surface area contributed by atoms with Crippen molar-refractivity contribution in [3.05, 3.63) is 41.1 Å². The Morgan fingerprint density at radius 3 is 2.45 bits per heavy atom. The number of carboxylic acid groups (broad SMARTS) is 1. The van der Waals surface area contributed by atoms with Crippen LogP contribution in [0.3, 0.4) is 0 Å². The van der Waals surface area contributed by atoms with Gasteiger partial charge in [0.2, 0.25) is 0 Å². The van der Waals surface area contributed by atoms with Gasteiger partial charge in [-0.05, 0) is 18.2 Å². The maximum atomic E-state index is 11.6. The number of esters is 2. The van der Waals surface area contributed by atoms with Crippen LogP contribution in [0.25, 0.3) is 0 Å². The molecule has 8 heteroatoms. The van der Waals surface area contributed by atoms with Crippen molar-refractivity contribution in [2.24, 2.45) is 0 Å². The van der Waals surface area contributed by atoms with E-state index in [-0.39, 0.29) is 22.5 Å². The molecule has 114 valence electrons. The fourth-order valence-corrected chi connectivity index (χ4v) is 1.48. The van der Waals surface area contributed by atoms with Crippen molar-refractivity contribution in [2.45, 2.75) is 0 Å². The van der Waals surface area contributed by atoms with Crippen molar-refractivity contribution in [3.63, 3.8) is 0 Å². The minimum absolute atomic E-state index is 0.0204. The summed E-state index contributed by atoms with van der Waals surface area (Å²) in [6.45, 7) is 0. The van der Waals surface area contributed by atoms with Crippen molar-refractivity contribution >= 4 is 23.6 Å². The topological polar surface area (TPSA) is 126 Å². The van der Waals surface area contributed by atoms with Crippen LogP contribution in [0.2, 0.25) is 0 Å². The van der Waals surface area contributed by atoms with Crippen LogP contribution in [0.15, 0.2) is 30.0 Å². The summed E-state index contributed by atoms with van der Waals surface area (Å²) in [5, 5.41) is 20.4. The van der Waals surface area contributed by atoms with Gasteiger partial charge >= 0.3 is 17.9 Å². The lowest BCUT2D eigenvalue weighted by Crippen LogP contribution is -2.17. The van der Waals surface area contributed by atoms with E-state index in [0.29, 0.717) is 0 Å². The number of nitriles is 1. The molecule has 0 aliphatic carbocycles. The van der Waals surface area contributed by atoms with Crippen LogP contribution >= 0.6 is 0 Å². The van der Waals surface area contributed by atoms with E-state index in [0.717, 1.165) is 26.4 Å². The molecule has 0 aromatic heterocycles. The van der Waals surface area contributed by atoms with Crippen LogP contribution in [-0.4, -0.2) is 37.2 Å². The molecule has 0 unspecified atom stereocenters. The van der Waals surface area contributed by atoms with E-state index in [9.17, 15) is 14.4 Å². The molecule has 1 aromatic rings. The molecule has 0 aliphatic rings. The van der Waals surface area contributed by atoms with Crippen LogP contribution in [0.1, 0.15) is 15.9 Å². The summed E-state index contributed by atoms with van der Waals surface area (Å²) in [5.41, 5.74) is -0.383. The second kappa shape index (κ2) is 7.44. The molecule has 1 rings (SSSR count). The summed E-state index contributed by atoms with van der Waals surface area (Å²) < 4.78 is 8.90. The Morgan fingerprint density at radius 2 is 1.95 bits per heavy atom. The number of carboxylic acids is 1. The van der Waals surface area contributed by atoms with Gasteiger partial charge in [0, 0.05) is 0 Å². The fourth-order valence-electron chi connectivity index (χ4n) is 1.48. The standard InChI is InChI=1S/C14H12N2O6/c1-21-12(17)6-11(14(20)22-2)16-10-4-3-8(7-15)5-9(10)13(18)19/h3-6,16H,1-2H3,(H,18,19)/b11-6+. The van der Waals surface area contributed by atoms with Crippen LogP contribution in [0, 0.1) is 11.3 Å². The van der Waals surface area contributed by atoms with Gasteiger partial charge in [-0.3, -0.25) is 0 Å². The summed E-state index contributed by atoms with van der Waals surface area (Å²) in [4.78, 5) is 34.1. The maximum Gasteiger partial charge on any atom is 0.354 e. The molecule has 0 saturated carbocycles. The van der Waals surface area contributed by atoms with E-state index >= 15 is 0 Å². The SMILES string of the molecule is COC(=O)/C=C(/Nc1ccc(C#N)cc1C(=O)O)C(=O)OC. The van der Waals surface area contributed by atoms with Crippen LogP contribution in [-0.2, 0) is 19.1 Å². The molecule has 22 heavy (non-hydrogen) atoms. The third kappa shape index (κ3) is 4.08. The van der Waals surface area contributed by atoms with Crippen LogP contribution in [0.4, 0.5) is 5.69 Å². The molecule has 1 aromatic carbocycles. The van der Waals surface area contributed by atoms with E-state index in [1.165, 1.54) is 12.1 Å². The predicted molar refractivity (Wildman–Crippen MR) is 73.9 cm³/mol. The second-order valence-electron chi connectivity index (χ2n) is 3.88. The number of ether oxygens (including phenoxy) is 2. The van der Waals surface area contributed by atoms with Gasteiger partial charge in [0.1, 0.15) is 5.70 Å². The third-order valence-electron chi connectivity index (χ3n) is 2.52. The molecule has 0 fully saturated rings. The first-order valence-corrected chi connectivity index (χ1v) is 5.85. The number of anilines is 1. The first kappa shape index (κ1) is 16.7. The smallest absolute Gasteiger partial charge is 0.354 e. The van der Waals surface area contributed by atoms with Crippen molar-refractivity contribution in [1.29, 1.82) is 5.26 Å². The van der Waals surface area contributed by atoms with Gasteiger partial charge in [-0.1, -0.05) is 0 Å². The quantitative estimate of drug-likeness (QED) is 0.607. The molecule has 0 heterocycles. The Morgan fingerprint density at radius 1 is 1.27 bits per heavy atom. The minimum atomic E-state index is -1.30. The summed E-state index contributed by atoms with van der Waals surface area (Å²) in [6.07, 6.45) is 0.829. The minimum Gasteiger partial charge on any atom is -0.478 e. The van der Waals surface area contributed by atoms with Crippen LogP contribution in [0.5, 0.6) is 0 Å². The zero-order valence-corrected chi connectivity index (χ0v) is 11.7. The zero-order chi connectivity index (χ0) is 16.7. The number of hydrogen-bond donors (Lipinski definition) is 2. The Balaban J connectivity index is 3.27. The molecule has 0 amide bonds. The zero-order valence-electron chi connectivity index (χ0n) is 11.7. The lowest BCUT2D eigenvalue weighted by molar-refractivity contribution is -0.138. The first-order valence-electron chi connectivity index (χ1n) is 5.85. The number of rotatable bonds is 5. The van der Waals surface area contributed by atoms with Gasteiger partial charge in [-0.15, -0.1) is 0 Å². The number of carbonyl (C=O) groups is 3. The number of carbonyl (C=O) groups excluding carboxylic acids is 2. The van der Waals surface area contributed by atoms with E-state index < -0.39 is 17.9 Å². The maximum absolute atomic E-state index is 11.6. The molecule has 0 aliphatic heterocycles. The van der Waals surface area contributed by atoms with Crippen molar-refractivity contribution in [1.82, 2.24) is 0 Å². The summed E-state index contributed by atoms with van der Waals surface area (Å²) in [7, 11) is 2.23. The lowest BCUT2D eigenvalue weighted by atomic mass is 10.1. The van der Waals surface area contributed by atoms with Crippen LogP contribution < -0.4 is 5.32 Å². The van der Waals surface area contributed by atoms with Gasteiger partial charge in [0.25, 0.3) is 0 Å². The summed E-state index contributed by atoms with van der Waals surface area (Å²) in [6, 6.07) is 5.61. The highest BCUT2D eigenvalue weighted by Gasteiger charge is 2.17. The van der Waals surface area contributed by atoms with Gasteiger partial charge in [-0.2, -0.15) is 5.26 Å². The molecule has 0 saturated heterocycles. The van der Waals surface area contributed by atoms with Gasteiger partial charge in [0.15, 0.2) is 0 Å². The Labute approximate surface area is 125 Å². The average Bonchev–Trinajstić information content (AvgIpc) is 2.53. The van der Waals surface area contributed by atoms with Gasteiger partial charge in [-0.25, -0.2) is 14.4 Å². The number of methoxy groups -OCH3 is 2. The largest absolute Gasteiger partial charge is 0.478 e. The average molecular weight is 304 g/mol. The highest BCUT2D eigenvalue weighted by molar-refractivity contribution is 6.01.